The highest BCUT2D eigenvalue weighted by Gasteiger charge is 2.36. The van der Waals surface area contributed by atoms with Crippen LogP contribution in [0.5, 0.6) is 11.5 Å². The van der Waals surface area contributed by atoms with Gasteiger partial charge in [0.05, 0.1) is 34.0 Å². The van der Waals surface area contributed by atoms with E-state index >= 15 is 0 Å². The molecule has 1 aliphatic heterocycles. The molecule has 0 amide bonds. The third-order valence-corrected chi connectivity index (χ3v) is 8.08. The second-order valence-corrected chi connectivity index (χ2v) is 11.4. The minimum Gasteiger partial charge on any atom is -0.496 e. The van der Waals surface area contributed by atoms with Crippen molar-refractivity contribution >= 4 is 55.2 Å². The fraction of sp³-hybridized carbons (Fsp3) is 0.276. The number of carbonyl (C=O) groups is 1. The molecule has 0 fully saturated rings. The van der Waals surface area contributed by atoms with E-state index in [1.54, 1.807) is 24.7 Å². The summed E-state index contributed by atoms with van der Waals surface area (Å²) in [5.74, 6) is 0.736. The zero-order chi connectivity index (χ0) is 28.1. The molecular formula is C29H28Br2N2O5S. The predicted molar refractivity (Wildman–Crippen MR) is 160 cm³/mol. The average molecular weight is 676 g/mol. The molecule has 7 nitrogen and oxygen atoms in total. The first kappa shape index (κ1) is 29.0. The first-order valence-electron chi connectivity index (χ1n) is 12.4. The molecule has 0 aliphatic carbocycles. The van der Waals surface area contributed by atoms with Crippen molar-refractivity contribution in [2.45, 2.75) is 32.7 Å². The molecule has 2 aromatic carbocycles. The summed E-state index contributed by atoms with van der Waals surface area (Å²) in [4.78, 5) is 32.7. The highest BCUT2D eigenvalue weighted by atomic mass is 79.9. The van der Waals surface area contributed by atoms with E-state index < -0.39 is 12.0 Å². The number of ether oxygens (including phenoxy) is 3. The van der Waals surface area contributed by atoms with E-state index in [0.29, 0.717) is 50.7 Å². The molecule has 0 bridgehead atoms. The Morgan fingerprint density at radius 2 is 1.95 bits per heavy atom. The van der Waals surface area contributed by atoms with E-state index in [4.69, 9.17) is 19.2 Å². The van der Waals surface area contributed by atoms with Crippen molar-refractivity contribution in [3.05, 3.63) is 100 Å². The van der Waals surface area contributed by atoms with Crippen LogP contribution in [-0.2, 0) is 9.53 Å². The Hall–Kier alpha value is -2.95. The summed E-state index contributed by atoms with van der Waals surface area (Å²) in [6.07, 6.45) is 4.82. The van der Waals surface area contributed by atoms with Gasteiger partial charge in [0.1, 0.15) is 24.1 Å². The standard InChI is InChI=1S/C29H28Br2N2O5S/c1-5-8-21-25(28(35)37-7-3)26(19-16-18(30)10-12-22(19)36-4)33-27(34)24(39-29(33)32-21)15-17-9-11-23(20(31)14-17)38-13-6-2/h6,9-12,14-16,26H,2,5,7-8,13H2,1,3-4H3/b24-15+/t26-/m1/s1. The Morgan fingerprint density at radius 1 is 1.18 bits per heavy atom. The van der Waals surface area contributed by atoms with Crippen LogP contribution in [0.1, 0.15) is 43.9 Å². The lowest BCUT2D eigenvalue weighted by Crippen LogP contribution is -2.40. The maximum absolute atomic E-state index is 14.0. The Morgan fingerprint density at radius 3 is 2.62 bits per heavy atom. The van der Waals surface area contributed by atoms with Gasteiger partial charge >= 0.3 is 5.97 Å². The van der Waals surface area contributed by atoms with Crippen molar-refractivity contribution in [1.29, 1.82) is 0 Å². The van der Waals surface area contributed by atoms with Gasteiger partial charge in [0.15, 0.2) is 4.80 Å². The SMILES string of the molecule is C=CCOc1ccc(/C=c2/sc3n(c2=O)[C@H](c2cc(Br)ccc2OC)C(C(=O)OCC)=C(CCC)N=3)cc1Br. The lowest BCUT2D eigenvalue weighted by molar-refractivity contribution is -0.139. The summed E-state index contributed by atoms with van der Waals surface area (Å²) in [6, 6.07) is 10.4. The lowest BCUT2D eigenvalue weighted by Gasteiger charge is -2.27. The van der Waals surface area contributed by atoms with Gasteiger partial charge in [-0.1, -0.05) is 59.3 Å². The van der Waals surface area contributed by atoms with Crippen LogP contribution in [-0.4, -0.2) is 30.9 Å². The summed E-state index contributed by atoms with van der Waals surface area (Å²) in [5, 5.41) is 0. The molecular weight excluding hydrogens is 648 g/mol. The molecule has 204 valence electrons. The number of hydrogen-bond donors (Lipinski definition) is 0. The molecule has 1 atom stereocenters. The van der Waals surface area contributed by atoms with E-state index in [2.05, 4.69) is 38.4 Å². The number of rotatable bonds is 10. The number of methoxy groups -OCH3 is 1. The summed E-state index contributed by atoms with van der Waals surface area (Å²) < 4.78 is 20.4. The van der Waals surface area contributed by atoms with Crippen LogP contribution in [0.15, 0.2) is 79.1 Å². The Labute approximate surface area is 247 Å². The highest BCUT2D eigenvalue weighted by molar-refractivity contribution is 9.10. The highest BCUT2D eigenvalue weighted by Crippen LogP contribution is 2.38. The molecule has 2 heterocycles. The lowest BCUT2D eigenvalue weighted by atomic mass is 9.93. The van der Waals surface area contributed by atoms with Crippen LogP contribution < -0.4 is 24.4 Å². The minimum atomic E-state index is -0.766. The number of thiazole rings is 1. The molecule has 0 saturated carbocycles. The number of aromatic nitrogens is 1. The summed E-state index contributed by atoms with van der Waals surface area (Å²) >= 11 is 8.36. The number of benzene rings is 2. The van der Waals surface area contributed by atoms with E-state index in [1.807, 2.05) is 49.4 Å². The predicted octanol–water partition coefficient (Wildman–Crippen LogP) is 5.68. The van der Waals surface area contributed by atoms with Gasteiger partial charge in [-0.25, -0.2) is 9.79 Å². The van der Waals surface area contributed by atoms with Crippen LogP contribution in [0.2, 0.25) is 0 Å². The molecule has 10 heteroatoms. The number of carbonyl (C=O) groups excluding carboxylic acids is 1. The van der Waals surface area contributed by atoms with Gasteiger partial charge in [0, 0.05) is 10.0 Å². The quantitative estimate of drug-likeness (QED) is 0.204. The van der Waals surface area contributed by atoms with Crippen LogP contribution in [0.3, 0.4) is 0 Å². The third kappa shape index (κ3) is 6.13. The Balaban J connectivity index is 1.97. The molecule has 3 aromatic rings. The van der Waals surface area contributed by atoms with Crippen LogP contribution >= 0.6 is 43.2 Å². The van der Waals surface area contributed by atoms with Crippen molar-refractivity contribution in [2.75, 3.05) is 20.3 Å². The number of nitrogens with zero attached hydrogens (tertiary/aromatic N) is 2. The van der Waals surface area contributed by atoms with E-state index in [-0.39, 0.29) is 12.2 Å². The van der Waals surface area contributed by atoms with Crippen molar-refractivity contribution in [3.63, 3.8) is 0 Å². The van der Waals surface area contributed by atoms with Gasteiger partial charge < -0.3 is 14.2 Å². The number of hydrogen-bond acceptors (Lipinski definition) is 7. The van der Waals surface area contributed by atoms with E-state index in [0.717, 1.165) is 20.9 Å². The monoisotopic (exact) mass is 674 g/mol. The largest absolute Gasteiger partial charge is 0.496 e. The normalized spacial score (nSPS) is 15.0. The van der Waals surface area contributed by atoms with Crippen LogP contribution in [0.25, 0.3) is 6.08 Å². The number of allylic oxidation sites excluding steroid dienone is 1. The van der Waals surface area contributed by atoms with Crippen molar-refractivity contribution in [2.24, 2.45) is 4.99 Å². The first-order chi connectivity index (χ1) is 18.8. The average Bonchev–Trinajstić information content (AvgIpc) is 3.22. The maximum Gasteiger partial charge on any atom is 0.338 e. The van der Waals surface area contributed by atoms with Crippen molar-refractivity contribution in [3.8, 4) is 11.5 Å². The van der Waals surface area contributed by atoms with Gasteiger partial charge in [-0.3, -0.25) is 9.36 Å². The van der Waals surface area contributed by atoms with Gasteiger partial charge in [-0.2, -0.15) is 0 Å². The molecule has 4 rings (SSSR count). The minimum absolute atomic E-state index is 0.204. The Kier molecular flexibility index (Phi) is 9.63. The molecule has 39 heavy (non-hydrogen) atoms. The molecule has 1 aliphatic rings. The zero-order valence-corrected chi connectivity index (χ0v) is 25.8. The van der Waals surface area contributed by atoms with Crippen molar-refractivity contribution < 1.29 is 19.0 Å². The fourth-order valence-electron chi connectivity index (χ4n) is 4.36. The van der Waals surface area contributed by atoms with Gasteiger partial charge in [0.2, 0.25) is 0 Å². The first-order valence-corrected chi connectivity index (χ1v) is 14.8. The smallest absolute Gasteiger partial charge is 0.338 e. The molecule has 1 aromatic heterocycles. The zero-order valence-electron chi connectivity index (χ0n) is 21.8. The number of halogens is 2. The molecule has 0 radical (unpaired) electrons. The third-order valence-electron chi connectivity index (χ3n) is 5.99. The fourth-order valence-corrected chi connectivity index (χ4v) is 6.27. The van der Waals surface area contributed by atoms with Crippen LogP contribution in [0, 0.1) is 0 Å². The second-order valence-electron chi connectivity index (χ2n) is 8.59. The van der Waals surface area contributed by atoms with Crippen molar-refractivity contribution in [1.82, 2.24) is 4.57 Å². The maximum atomic E-state index is 14.0. The van der Waals surface area contributed by atoms with E-state index in [9.17, 15) is 9.59 Å². The molecule has 0 unspecified atom stereocenters. The molecule has 0 N–H and O–H groups in total. The molecule has 0 saturated heterocycles. The van der Waals surface area contributed by atoms with E-state index in [1.165, 1.54) is 11.3 Å². The topological polar surface area (TPSA) is 79.1 Å². The van der Waals surface area contributed by atoms with Gasteiger partial charge in [-0.15, -0.1) is 0 Å². The molecule has 0 spiro atoms. The summed E-state index contributed by atoms with van der Waals surface area (Å²) in [6.45, 7) is 8.05. The number of esters is 1. The van der Waals surface area contributed by atoms with Gasteiger partial charge in [0.25, 0.3) is 5.56 Å². The summed E-state index contributed by atoms with van der Waals surface area (Å²) in [5.41, 5.74) is 2.18. The Bertz CT molecular complexity index is 1620. The second kappa shape index (κ2) is 12.9. The van der Waals surface area contributed by atoms with Gasteiger partial charge in [-0.05, 0) is 71.2 Å². The number of fused-ring (bicyclic) bond motifs is 1. The summed E-state index contributed by atoms with van der Waals surface area (Å²) in [7, 11) is 1.57. The van der Waals surface area contributed by atoms with Crippen LogP contribution in [0.4, 0.5) is 0 Å².